The van der Waals surface area contributed by atoms with Crippen molar-refractivity contribution in [3.63, 3.8) is 0 Å². The molecule has 2 aromatic carbocycles. The second-order valence-corrected chi connectivity index (χ2v) is 13.1. The summed E-state index contributed by atoms with van der Waals surface area (Å²) in [5.74, 6) is 5.20. The van der Waals surface area contributed by atoms with Crippen molar-refractivity contribution in [1.82, 2.24) is 4.90 Å². The summed E-state index contributed by atoms with van der Waals surface area (Å²) in [6.07, 6.45) is -2.89. The highest BCUT2D eigenvalue weighted by atomic mass is 32.2. The van der Waals surface area contributed by atoms with E-state index in [1.807, 2.05) is 6.07 Å². The van der Waals surface area contributed by atoms with Crippen LogP contribution in [0.2, 0.25) is 0 Å². The predicted molar refractivity (Wildman–Crippen MR) is 158 cm³/mol. The Balaban J connectivity index is 1.55. The van der Waals surface area contributed by atoms with Crippen molar-refractivity contribution in [1.29, 1.82) is 0 Å². The van der Waals surface area contributed by atoms with Crippen LogP contribution < -0.4 is 15.4 Å². The lowest BCUT2D eigenvalue weighted by atomic mass is 10.0. The molecule has 2 heterocycles. The number of ether oxygens (including phenoxy) is 2. The summed E-state index contributed by atoms with van der Waals surface area (Å²) in [7, 11) is -2.01. The van der Waals surface area contributed by atoms with Crippen LogP contribution in [0, 0.1) is 11.8 Å². The van der Waals surface area contributed by atoms with Gasteiger partial charge in [0.25, 0.3) is 0 Å². The first kappa shape index (κ1) is 32.8. The minimum Gasteiger partial charge on any atom is -0.433 e. The van der Waals surface area contributed by atoms with Crippen molar-refractivity contribution in [2.75, 3.05) is 56.8 Å². The summed E-state index contributed by atoms with van der Waals surface area (Å²) in [6.45, 7) is -0.0144. The van der Waals surface area contributed by atoms with Gasteiger partial charge in [0.1, 0.15) is 0 Å². The first-order valence-electron chi connectivity index (χ1n) is 13.4. The highest BCUT2D eigenvalue weighted by molar-refractivity contribution is 7.90. The van der Waals surface area contributed by atoms with Crippen LogP contribution in [-0.4, -0.2) is 78.3 Å². The SMILES string of the molecule is COCCN1CCC(Nc2cccc3c(CC(F)(F)F)c(C#CCNc4ccc(S(C)(=O)=O)cc4OC(F)F)sc23)CC1. The topological polar surface area (TPSA) is 79.9 Å². The molecule has 0 aliphatic carbocycles. The van der Waals surface area contributed by atoms with Crippen LogP contribution in [0.4, 0.5) is 33.3 Å². The van der Waals surface area contributed by atoms with Crippen molar-refractivity contribution in [2.45, 2.75) is 43.0 Å². The number of sulfone groups is 1. The number of methoxy groups -OCH3 is 1. The number of alkyl halides is 5. The fourth-order valence-electron chi connectivity index (χ4n) is 4.84. The normalized spacial score (nSPS) is 15.0. The largest absolute Gasteiger partial charge is 0.433 e. The number of thiophene rings is 1. The van der Waals surface area contributed by atoms with Gasteiger partial charge in [-0.05, 0) is 42.0 Å². The molecule has 14 heteroatoms. The molecule has 3 aromatic rings. The third-order valence-corrected chi connectivity index (χ3v) is 9.23. The first-order chi connectivity index (χ1) is 20.3. The number of rotatable bonds is 11. The maximum atomic E-state index is 13.6. The molecule has 4 rings (SSSR count). The summed E-state index contributed by atoms with van der Waals surface area (Å²) in [6, 6.07) is 8.90. The molecule has 1 aromatic heterocycles. The van der Waals surface area contributed by atoms with Gasteiger partial charge in [0.15, 0.2) is 15.6 Å². The molecule has 0 spiro atoms. The highest BCUT2D eigenvalue weighted by Gasteiger charge is 2.31. The van der Waals surface area contributed by atoms with Gasteiger partial charge in [0, 0.05) is 45.1 Å². The molecule has 0 bridgehead atoms. The van der Waals surface area contributed by atoms with Crippen molar-refractivity contribution in [2.24, 2.45) is 0 Å². The van der Waals surface area contributed by atoms with Crippen LogP contribution in [0.5, 0.6) is 5.75 Å². The van der Waals surface area contributed by atoms with Gasteiger partial charge in [-0.1, -0.05) is 24.0 Å². The van der Waals surface area contributed by atoms with Gasteiger partial charge in [0.05, 0.1) is 45.4 Å². The first-order valence-corrected chi connectivity index (χ1v) is 16.2. The summed E-state index contributed by atoms with van der Waals surface area (Å²) in [5, 5.41) is 6.78. The van der Waals surface area contributed by atoms with Gasteiger partial charge in [-0.2, -0.15) is 22.0 Å². The molecule has 0 unspecified atom stereocenters. The van der Waals surface area contributed by atoms with E-state index in [2.05, 4.69) is 32.1 Å². The van der Waals surface area contributed by atoms with E-state index in [0.717, 1.165) is 50.5 Å². The average molecular weight is 646 g/mol. The molecule has 1 aliphatic heterocycles. The van der Waals surface area contributed by atoms with Crippen molar-refractivity contribution in [3.05, 3.63) is 46.8 Å². The van der Waals surface area contributed by atoms with Crippen LogP contribution in [0.25, 0.3) is 10.1 Å². The molecule has 2 N–H and O–H groups in total. The number of likely N-dealkylation sites (tertiary alicyclic amines) is 1. The van der Waals surface area contributed by atoms with E-state index in [0.29, 0.717) is 16.7 Å². The molecule has 0 atom stereocenters. The van der Waals surface area contributed by atoms with Crippen molar-refractivity contribution >= 4 is 42.6 Å². The average Bonchev–Trinajstić information content (AvgIpc) is 3.27. The molecule has 0 amide bonds. The lowest BCUT2D eigenvalue weighted by Crippen LogP contribution is -2.40. The van der Waals surface area contributed by atoms with Crippen molar-refractivity contribution < 1.29 is 39.8 Å². The van der Waals surface area contributed by atoms with Crippen LogP contribution >= 0.6 is 11.3 Å². The molecule has 1 aliphatic rings. The standard InChI is InChI=1S/C29H32F5N3O4S2/c1-40-16-15-37-13-10-19(11-14-37)36-24-6-3-5-21-22(18-29(32,33)34)26(42-27(21)24)7-4-12-35-23-9-8-20(43(2,38)39)17-25(23)41-28(30)31/h3,5-6,8-9,17,19,28,35-36H,10-16,18H2,1-2H3. The Labute approximate surface area is 251 Å². The van der Waals surface area contributed by atoms with E-state index in [1.165, 1.54) is 23.5 Å². The Morgan fingerprint density at radius 3 is 2.53 bits per heavy atom. The van der Waals surface area contributed by atoms with Crippen LogP contribution in [0.15, 0.2) is 41.3 Å². The lowest BCUT2D eigenvalue weighted by Gasteiger charge is -2.32. The molecule has 0 radical (unpaired) electrons. The van der Waals surface area contributed by atoms with E-state index < -0.39 is 29.0 Å². The van der Waals surface area contributed by atoms with E-state index >= 15 is 0 Å². The number of piperidine rings is 1. The van der Waals surface area contributed by atoms with E-state index in [-0.39, 0.29) is 39.4 Å². The number of nitrogens with one attached hydrogen (secondary N) is 2. The number of anilines is 2. The molecule has 234 valence electrons. The fraction of sp³-hybridized carbons (Fsp3) is 0.448. The monoisotopic (exact) mass is 645 g/mol. The Morgan fingerprint density at radius 1 is 1.14 bits per heavy atom. The number of halogens is 5. The molecular formula is C29H32F5N3O4S2. The maximum absolute atomic E-state index is 13.6. The zero-order chi connectivity index (χ0) is 31.2. The summed E-state index contributed by atoms with van der Waals surface area (Å²) in [4.78, 5) is 2.37. The van der Waals surface area contributed by atoms with E-state index in [9.17, 15) is 30.4 Å². The van der Waals surface area contributed by atoms with Crippen LogP contribution in [-0.2, 0) is 21.0 Å². The molecule has 1 saturated heterocycles. The minimum atomic E-state index is -4.45. The molecule has 1 fully saturated rings. The Bertz CT molecular complexity index is 1570. The predicted octanol–water partition coefficient (Wildman–Crippen LogP) is 6.00. The molecule has 43 heavy (non-hydrogen) atoms. The molecular weight excluding hydrogens is 613 g/mol. The van der Waals surface area contributed by atoms with Gasteiger partial charge in [-0.15, -0.1) is 11.3 Å². The minimum absolute atomic E-state index is 0.0635. The number of hydrogen-bond acceptors (Lipinski definition) is 8. The molecule has 0 saturated carbocycles. The zero-order valence-corrected chi connectivity index (χ0v) is 25.2. The second kappa shape index (κ2) is 14.1. The van der Waals surface area contributed by atoms with Crippen LogP contribution in [0.1, 0.15) is 23.3 Å². The third-order valence-electron chi connectivity index (χ3n) is 6.92. The smallest absolute Gasteiger partial charge is 0.393 e. The maximum Gasteiger partial charge on any atom is 0.393 e. The van der Waals surface area contributed by atoms with Gasteiger partial charge in [0.2, 0.25) is 0 Å². The quantitative estimate of drug-likeness (QED) is 0.196. The van der Waals surface area contributed by atoms with Crippen LogP contribution in [0.3, 0.4) is 0 Å². The number of nitrogens with zero attached hydrogens (tertiary/aromatic N) is 1. The van der Waals surface area contributed by atoms with E-state index in [4.69, 9.17) is 4.74 Å². The number of fused-ring (bicyclic) bond motifs is 1. The van der Waals surface area contributed by atoms with E-state index in [1.54, 1.807) is 19.2 Å². The number of hydrogen-bond donors (Lipinski definition) is 2. The summed E-state index contributed by atoms with van der Waals surface area (Å²) in [5.41, 5.74) is 0.901. The summed E-state index contributed by atoms with van der Waals surface area (Å²) < 4.78 is 101. The molecule has 7 nitrogen and oxygen atoms in total. The lowest BCUT2D eigenvalue weighted by molar-refractivity contribution is -0.126. The third kappa shape index (κ3) is 9.18. The van der Waals surface area contributed by atoms with Gasteiger partial charge >= 0.3 is 12.8 Å². The second-order valence-electron chi connectivity index (χ2n) is 10.1. The van der Waals surface area contributed by atoms with Crippen molar-refractivity contribution in [3.8, 4) is 17.6 Å². The number of benzene rings is 2. The van der Waals surface area contributed by atoms with Gasteiger partial charge in [-0.3, -0.25) is 0 Å². The van der Waals surface area contributed by atoms with Gasteiger partial charge in [-0.25, -0.2) is 8.42 Å². The fourth-order valence-corrected chi connectivity index (χ4v) is 6.65. The Kier molecular flexibility index (Phi) is 10.8. The Morgan fingerprint density at radius 2 is 1.88 bits per heavy atom. The Hall–Kier alpha value is -3.12. The highest BCUT2D eigenvalue weighted by Crippen LogP contribution is 2.39. The van der Waals surface area contributed by atoms with Gasteiger partial charge < -0.3 is 25.0 Å². The zero-order valence-electron chi connectivity index (χ0n) is 23.6. The summed E-state index contributed by atoms with van der Waals surface area (Å²) >= 11 is 1.17.